The number of benzene rings is 1. The number of amides is 3. The number of nitrogens with zero attached hydrogens (tertiary/aromatic N) is 2. The number of halogens is 3. The van der Waals surface area contributed by atoms with E-state index in [2.05, 4.69) is 9.97 Å². The third-order valence-electron chi connectivity index (χ3n) is 2.65. The normalized spacial score (nSPS) is 10.4. The van der Waals surface area contributed by atoms with Crippen LogP contribution in [0.3, 0.4) is 0 Å². The van der Waals surface area contributed by atoms with Gasteiger partial charge in [0.15, 0.2) is 17.3 Å². The van der Waals surface area contributed by atoms with E-state index in [1.54, 1.807) is 0 Å². The van der Waals surface area contributed by atoms with Crippen LogP contribution < -0.4 is 22.5 Å². The van der Waals surface area contributed by atoms with Crippen molar-refractivity contribution >= 4 is 58.4 Å². The van der Waals surface area contributed by atoms with Crippen LogP contribution in [-0.2, 0) is 0 Å². The summed E-state index contributed by atoms with van der Waals surface area (Å²) < 4.78 is 0. The van der Waals surface area contributed by atoms with Crippen molar-refractivity contribution < 1.29 is 9.59 Å². The third-order valence-corrected chi connectivity index (χ3v) is 3.67. The molecule has 0 radical (unpaired) electrons. The molecule has 0 aliphatic carbocycles. The molecule has 2 aromatic rings. The summed E-state index contributed by atoms with van der Waals surface area (Å²) in [4.78, 5) is 30.5. The molecule has 23 heavy (non-hydrogen) atoms. The quantitative estimate of drug-likeness (QED) is 0.590. The number of hydrogen-bond donors (Lipinski definition) is 4. The van der Waals surface area contributed by atoms with E-state index in [0.29, 0.717) is 0 Å². The molecule has 0 spiro atoms. The molecule has 1 heterocycles. The Morgan fingerprint density at radius 3 is 2.30 bits per heavy atom. The summed E-state index contributed by atoms with van der Waals surface area (Å²) in [6.45, 7) is 0. The summed E-state index contributed by atoms with van der Waals surface area (Å²) in [5.74, 6) is -1.32. The molecule has 0 aliphatic heterocycles. The zero-order valence-corrected chi connectivity index (χ0v) is 13.5. The van der Waals surface area contributed by atoms with E-state index < -0.39 is 11.9 Å². The van der Waals surface area contributed by atoms with E-state index in [-0.39, 0.29) is 43.7 Å². The van der Waals surface area contributed by atoms with E-state index in [4.69, 9.17) is 52.0 Å². The Hall–Kier alpha value is -2.29. The van der Waals surface area contributed by atoms with Gasteiger partial charge >= 0.3 is 6.03 Å². The first-order chi connectivity index (χ1) is 10.7. The second kappa shape index (κ2) is 6.45. The predicted molar refractivity (Wildman–Crippen MR) is 88.4 cm³/mol. The number of aromatic nitrogens is 2. The highest BCUT2D eigenvalue weighted by molar-refractivity contribution is 6.45. The van der Waals surface area contributed by atoms with Crippen LogP contribution in [0.4, 0.5) is 16.4 Å². The third kappa shape index (κ3) is 3.55. The van der Waals surface area contributed by atoms with Crippen LogP contribution in [0.25, 0.3) is 11.3 Å². The van der Waals surface area contributed by atoms with E-state index in [0.717, 1.165) is 0 Å². The molecule has 120 valence electrons. The molecule has 0 unspecified atom stereocenters. The number of nitrogens with one attached hydrogen (secondary N) is 1. The molecule has 1 aromatic carbocycles. The van der Waals surface area contributed by atoms with Crippen molar-refractivity contribution in [2.24, 2.45) is 5.73 Å². The molecule has 8 nitrogen and oxygen atoms in total. The van der Waals surface area contributed by atoms with Crippen molar-refractivity contribution in [3.63, 3.8) is 0 Å². The Morgan fingerprint density at radius 1 is 1.04 bits per heavy atom. The predicted octanol–water partition coefficient (Wildman–Crippen LogP) is 2.08. The fourth-order valence-electron chi connectivity index (χ4n) is 1.73. The van der Waals surface area contributed by atoms with Crippen LogP contribution in [0.2, 0.25) is 15.1 Å². The number of rotatable bonds is 2. The Morgan fingerprint density at radius 2 is 1.70 bits per heavy atom. The Bertz CT molecular complexity index is 827. The summed E-state index contributed by atoms with van der Waals surface area (Å²) >= 11 is 18.0. The van der Waals surface area contributed by atoms with Crippen LogP contribution in [0, 0.1) is 0 Å². The molecule has 2 rings (SSSR count). The van der Waals surface area contributed by atoms with Crippen molar-refractivity contribution in [2.45, 2.75) is 0 Å². The number of carbonyl (C=O) groups is 2. The van der Waals surface area contributed by atoms with Crippen molar-refractivity contribution in [3.8, 4) is 11.3 Å². The number of urea groups is 1. The summed E-state index contributed by atoms with van der Waals surface area (Å²) in [7, 11) is 0. The number of anilines is 2. The number of nitrogen functional groups attached to an aromatic ring is 2. The van der Waals surface area contributed by atoms with Gasteiger partial charge in [0.2, 0.25) is 0 Å². The Labute approximate surface area is 144 Å². The molecular weight excluding hydrogens is 367 g/mol. The summed E-state index contributed by atoms with van der Waals surface area (Å²) in [5, 5.41) is 2.38. The van der Waals surface area contributed by atoms with Gasteiger partial charge in [0.25, 0.3) is 5.91 Å². The number of carbonyl (C=O) groups excluding carboxylic acids is 2. The standard InChI is InChI=1S/C12H9Cl3N6O2/c13-3-1-4(6(15)5(14)2-3)7-9(16)20-10(17)8(19-7)11(22)21-12(18)23/h1-2H,(H4,16,17,20)(H3,18,21,22,23). The van der Waals surface area contributed by atoms with Gasteiger partial charge < -0.3 is 17.2 Å². The smallest absolute Gasteiger partial charge is 0.319 e. The maximum Gasteiger partial charge on any atom is 0.319 e. The Kier molecular flexibility index (Phi) is 4.79. The highest BCUT2D eigenvalue weighted by Gasteiger charge is 2.21. The molecule has 3 amide bonds. The molecule has 0 saturated heterocycles. The van der Waals surface area contributed by atoms with Gasteiger partial charge in [0.05, 0.1) is 10.0 Å². The first kappa shape index (κ1) is 17.1. The molecular formula is C12H9Cl3N6O2. The van der Waals surface area contributed by atoms with Gasteiger partial charge in [0, 0.05) is 10.6 Å². The van der Waals surface area contributed by atoms with Crippen molar-refractivity contribution in [2.75, 3.05) is 11.5 Å². The Balaban J connectivity index is 2.65. The number of hydrogen-bond acceptors (Lipinski definition) is 6. The van der Waals surface area contributed by atoms with Crippen molar-refractivity contribution in [1.82, 2.24) is 15.3 Å². The van der Waals surface area contributed by atoms with Crippen LogP contribution >= 0.6 is 34.8 Å². The van der Waals surface area contributed by atoms with Crippen LogP contribution in [0.1, 0.15) is 10.5 Å². The van der Waals surface area contributed by atoms with Crippen molar-refractivity contribution in [1.29, 1.82) is 0 Å². The maximum absolute atomic E-state index is 11.9. The summed E-state index contributed by atoms with van der Waals surface area (Å²) in [5.41, 5.74) is 16.2. The average molecular weight is 376 g/mol. The topological polar surface area (TPSA) is 150 Å². The van der Waals surface area contributed by atoms with Crippen molar-refractivity contribution in [3.05, 3.63) is 32.9 Å². The fourth-order valence-corrected chi connectivity index (χ4v) is 2.42. The van der Waals surface area contributed by atoms with Crippen LogP contribution in [0.15, 0.2) is 12.1 Å². The van der Waals surface area contributed by atoms with Gasteiger partial charge in [-0.25, -0.2) is 14.8 Å². The zero-order chi connectivity index (χ0) is 17.3. The minimum Gasteiger partial charge on any atom is -0.382 e. The lowest BCUT2D eigenvalue weighted by Crippen LogP contribution is -2.36. The number of imide groups is 1. The van der Waals surface area contributed by atoms with Gasteiger partial charge in [-0.1, -0.05) is 34.8 Å². The van der Waals surface area contributed by atoms with Gasteiger partial charge in [-0.15, -0.1) is 0 Å². The second-order valence-corrected chi connectivity index (χ2v) is 5.48. The molecule has 0 bridgehead atoms. The average Bonchev–Trinajstić information content (AvgIpc) is 2.42. The molecule has 0 fully saturated rings. The van der Waals surface area contributed by atoms with Gasteiger partial charge in [-0.3, -0.25) is 10.1 Å². The zero-order valence-electron chi connectivity index (χ0n) is 11.2. The summed E-state index contributed by atoms with van der Waals surface area (Å²) in [6.07, 6.45) is 0. The van der Waals surface area contributed by atoms with E-state index in [1.165, 1.54) is 12.1 Å². The molecule has 0 saturated carbocycles. The van der Waals surface area contributed by atoms with Gasteiger partial charge in [-0.05, 0) is 12.1 Å². The minimum atomic E-state index is -1.07. The van der Waals surface area contributed by atoms with Crippen LogP contribution in [-0.4, -0.2) is 21.9 Å². The minimum absolute atomic E-state index is 0.0308. The second-order valence-electron chi connectivity index (χ2n) is 4.26. The van der Waals surface area contributed by atoms with E-state index in [9.17, 15) is 9.59 Å². The molecule has 1 aromatic heterocycles. The lowest BCUT2D eigenvalue weighted by molar-refractivity contribution is 0.0962. The SMILES string of the molecule is NC(=O)NC(=O)c1nc(-c2cc(Cl)cc(Cl)c2Cl)c(N)nc1N. The largest absolute Gasteiger partial charge is 0.382 e. The molecule has 7 N–H and O–H groups in total. The number of nitrogens with two attached hydrogens (primary N) is 3. The van der Waals surface area contributed by atoms with E-state index >= 15 is 0 Å². The van der Waals surface area contributed by atoms with E-state index in [1.807, 2.05) is 5.32 Å². The highest BCUT2D eigenvalue weighted by atomic mass is 35.5. The lowest BCUT2D eigenvalue weighted by Gasteiger charge is -2.11. The summed E-state index contributed by atoms with van der Waals surface area (Å²) in [6, 6.07) is 1.80. The molecule has 11 heteroatoms. The number of primary amides is 1. The fraction of sp³-hybridized carbons (Fsp3) is 0. The van der Waals surface area contributed by atoms with Gasteiger partial charge in [0.1, 0.15) is 5.69 Å². The first-order valence-corrected chi connectivity index (χ1v) is 7.02. The molecule has 0 atom stereocenters. The molecule has 0 aliphatic rings. The highest BCUT2D eigenvalue weighted by Crippen LogP contribution is 2.37. The first-order valence-electron chi connectivity index (χ1n) is 5.89. The maximum atomic E-state index is 11.9. The van der Waals surface area contributed by atoms with Gasteiger partial charge in [-0.2, -0.15) is 0 Å². The van der Waals surface area contributed by atoms with Crippen LogP contribution in [0.5, 0.6) is 0 Å². The lowest BCUT2D eigenvalue weighted by atomic mass is 10.1. The monoisotopic (exact) mass is 374 g/mol.